The first-order valence-electron chi connectivity index (χ1n) is 8.51. The molecule has 0 bridgehead atoms. The fourth-order valence-corrected chi connectivity index (χ4v) is 3.03. The van der Waals surface area contributed by atoms with Gasteiger partial charge < -0.3 is 5.32 Å². The number of carbonyl (C=O) groups excluding carboxylic acids is 1. The van der Waals surface area contributed by atoms with Gasteiger partial charge in [0.1, 0.15) is 5.82 Å². The summed E-state index contributed by atoms with van der Waals surface area (Å²) in [7, 11) is 0. The van der Waals surface area contributed by atoms with E-state index in [9.17, 15) is 4.79 Å². The minimum absolute atomic E-state index is 0.134. The predicted molar refractivity (Wildman–Crippen MR) is 91.5 cm³/mol. The van der Waals surface area contributed by atoms with Crippen LogP contribution in [0, 0.1) is 0 Å². The molecule has 0 aromatic carbocycles. The highest BCUT2D eigenvalue weighted by atomic mass is 16.1. The van der Waals surface area contributed by atoms with Crippen molar-refractivity contribution in [1.29, 1.82) is 0 Å². The van der Waals surface area contributed by atoms with Crippen LogP contribution < -0.4 is 5.32 Å². The van der Waals surface area contributed by atoms with Crippen molar-refractivity contribution in [3.05, 3.63) is 53.9 Å². The van der Waals surface area contributed by atoms with Gasteiger partial charge in [-0.3, -0.25) is 14.7 Å². The van der Waals surface area contributed by atoms with Gasteiger partial charge in [0.2, 0.25) is 0 Å². The second kappa shape index (κ2) is 7.97. The summed E-state index contributed by atoms with van der Waals surface area (Å²) in [5, 5.41) is 3.02. The zero-order valence-electron chi connectivity index (χ0n) is 14.0. The lowest BCUT2D eigenvalue weighted by atomic mass is 10.1. The fourth-order valence-electron chi connectivity index (χ4n) is 3.03. The van der Waals surface area contributed by atoms with Crippen molar-refractivity contribution in [2.75, 3.05) is 19.6 Å². The SMILES string of the molecule is CCc1ncc(C(=O)NC[C@@H](c2cccnc2)N2CCCC2)cn1. The Morgan fingerprint density at radius 3 is 2.62 bits per heavy atom. The number of likely N-dealkylation sites (tertiary alicyclic amines) is 1. The molecule has 3 rings (SSSR count). The molecule has 0 aliphatic carbocycles. The van der Waals surface area contributed by atoms with Crippen molar-refractivity contribution < 1.29 is 4.79 Å². The molecule has 1 N–H and O–H groups in total. The van der Waals surface area contributed by atoms with Gasteiger partial charge in [-0.25, -0.2) is 9.97 Å². The maximum Gasteiger partial charge on any atom is 0.254 e. The molecule has 1 atom stereocenters. The highest BCUT2D eigenvalue weighted by Gasteiger charge is 2.24. The molecule has 6 heteroatoms. The zero-order valence-corrected chi connectivity index (χ0v) is 14.0. The monoisotopic (exact) mass is 325 g/mol. The summed E-state index contributed by atoms with van der Waals surface area (Å²) < 4.78 is 0. The summed E-state index contributed by atoms with van der Waals surface area (Å²) in [6, 6.07) is 4.17. The molecule has 126 valence electrons. The van der Waals surface area contributed by atoms with E-state index in [0.717, 1.165) is 30.9 Å². The topological polar surface area (TPSA) is 71.0 Å². The van der Waals surface area contributed by atoms with Gasteiger partial charge in [0, 0.05) is 37.8 Å². The van der Waals surface area contributed by atoms with E-state index in [0.29, 0.717) is 12.1 Å². The predicted octanol–water partition coefficient (Wildman–Crippen LogP) is 2.00. The van der Waals surface area contributed by atoms with E-state index in [1.165, 1.54) is 12.8 Å². The maximum absolute atomic E-state index is 12.4. The molecular formula is C18H23N5O. The quantitative estimate of drug-likeness (QED) is 0.879. The van der Waals surface area contributed by atoms with Crippen LogP contribution in [0.2, 0.25) is 0 Å². The van der Waals surface area contributed by atoms with E-state index in [2.05, 4.69) is 31.2 Å². The molecule has 2 aromatic rings. The van der Waals surface area contributed by atoms with Gasteiger partial charge in [-0.2, -0.15) is 0 Å². The molecule has 6 nitrogen and oxygen atoms in total. The number of pyridine rings is 1. The van der Waals surface area contributed by atoms with Gasteiger partial charge in [0.25, 0.3) is 5.91 Å². The first kappa shape index (κ1) is 16.5. The summed E-state index contributed by atoms with van der Waals surface area (Å²) in [6.07, 6.45) is 10.0. The number of aromatic nitrogens is 3. The van der Waals surface area contributed by atoms with Gasteiger partial charge in [-0.05, 0) is 37.6 Å². The zero-order chi connectivity index (χ0) is 16.8. The molecule has 0 saturated carbocycles. The fraction of sp³-hybridized carbons (Fsp3) is 0.444. The second-order valence-electron chi connectivity index (χ2n) is 6.00. The lowest BCUT2D eigenvalue weighted by Gasteiger charge is -2.27. The largest absolute Gasteiger partial charge is 0.350 e. The Balaban J connectivity index is 1.67. The van der Waals surface area contributed by atoms with Crippen LogP contribution in [0.25, 0.3) is 0 Å². The number of hydrogen-bond donors (Lipinski definition) is 1. The van der Waals surface area contributed by atoms with Gasteiger partial charge in [-0.15, -0.1) is 0 Å². The van der Waals surface area contributed by atoms with Gasteiger partial charge in [0.05, 0.1) is 11.6 Å². The standard InChI is InChI=1S/C18H23N5O/c1-2-17-20-11-15(12-21-17)18(24)22-13-16(23-8-3-4-9-23)14-6-5-7-19-10-14/h5-7,10-12,16H,2-4,8-9,13H2,1H3,(H,22,24)/t16-/m0/s1. The van der Waals surface area contributed by atoms with E-state index < -0.39 is 0 Å². The van der Waals surface area contributed by atoms with Crippen LogP contribution in [0.3, 0.4) is 0 Å². The highest BCUT2D eigenvalue weighted by molar-refractivity contribution is 5.93. The average molecular weight is 325 g/mol. The van der Waals surface area contributed by atoms with E-state index >= 15 is 0 Å². The lowest BCUT2D eigenvalue weighted by Crippen LogP contribution is -2.37. The van der Waals surface area contributed by atoms with Gasteiger partial charge in [0.15, 0.2) is 0 Å². The third kappa shape index (κ3) is 3.94. The summed E-state index contributed by atoms with van der Waals surface area (Å²) in [5.74, 6) is 0.614. The molecule has 3 heterocycles. The Morgan fingerprint density at radius 1 is 1.25 bits per heavy atom. The number of aryl methyl sites for hydroxylation is 1. The molecule has 24 heavy (non-hydrogen) atoms. The van der Waals surface area contributed by atoms with Crippen molar-refractivity contribution in [3.8, 4) is 0 Å². The molecular weight excluding hydrogens is 302 g/mol. The van der Waals surface area contributed by atoms with Crippen LogP contribution in [-0.2, 0) is 6.42 Å². The molecule has 2 aromatic heterocycles. The maximum atomic E-state index is 12.4. The summed E-state index contributed by atoms with van der Waals surface area (Å²) >= 11 is 0. The van der Waals surface area contributed by atoms with Crippen LogP contribution in [0.1, 0.15) is 47.6 Å². The average Bonchev–Trinajstić information content (AvgIpc) is 3.17. The molecule has 0 unspecified atom stereocenters. The Kier molecular flexibility index (Phi) is 5.48. The third-order valence-corrected chi connectivity index (χ3v) is 4.39. The van der Waals surface area contributed by atoms with E-state index in [4.69, 9.17) is 0 Å². The Bertz CT molecular complexity index is 653. The molecule has 0 spiro atoms. The summed E-state index contributed by atoms with van der Waals surface area (Å²) in [6.45, 7) is 4.66. The van der Waals surface area contributed by atoms with E-state index in [1.54, 1.807) is 18.6 Å². The van der Waals surface area contributed by atoms with Crippen LogP contribution >= 0.6 is 0 Å². The minimum atomic E-state index is -0.134. The molecule has 0 radical (unpaired) electrons. The first-order valence-corrected chi connectivity index (χ1v) is 8.51. The molecule has 1 amide bonds. The Labute approximate surface area is 142 Å². The summed E-state index contributed by atoms with van der Waals surface area (Å²) in [4.78, 5) is 27.4. The van der Waals surface area contributed by atoms with Crippen LogP contribution in [0.4, 0.5) is 0 Å². The van der Waals surface area contributed by atoms with Crippen molar-refractivity contribution in [1.82, 2.24) is 25.2 Å². The molecule has 1 fully saturated rings. The first-order chi connectivity index (χ1) is 11.8. The van der Waals surface area contributed by atoms with Gasteiger partial charge >= 0.3 is 0 Å². The van der Waals surface area contributed by atoms with E-state index in [-0.39, 0.29) is 11.9 Å². The number of amides is 1. The number of nitrogens with one attached hydrogen (secondary N) is 1. The Morgan fingerprint density at radius 2 is 2.00 bits per heavy atom. The number of nitrogens with zero attached hydrogens (tertiary/aromatic N) is 4. The number of hydrogen-bond acceptors (Lipinski definition) is 5. The van der Waals surface area contributed by atoms with Crippen molar-refractivity contribution >= 4 is 5.91 Å². The lowest BCUT2D eigenvalue weighted by molar-refractivity contribution is 0.0937. The molecule has 1 aliphatic heterocycles. The number of carbonyl (C=O) groups is 1. The Hall–Kier alpha value is -2.34. The van der Waals surface area contributed by atoms with E-state index in [1.807, 2.05) is 19.2 Å². The highest BCUT2D eigenvalue weighted by Crippen LogP contribution is 2.23. The minimum Gasteiger partial charge on any atom is -0.350 e. The smallest absolute Gasteiger partial charge is 0.254 e. The van der Waals surface area contributed by atoms with Crippen molar-refractivity contribution in [2.45, 2.75) is 32.2 Å². The number of rotatable bonds is 6. The van der Waals surface area contributed by atoms with Crippen LogP contribution in [0.5, 0.6) is 0 Å². The normalized spacial score (nSPS) is 16.0. The molecule has 1 saturated heterocycles. The van der Waals surface area contributed by atoms with Crippen LogP contribution in [0.15, 0.2) is 36.9 Å². The molecule has 1 aliphatic rings. The van der Waals surface area contributed by atoms with Crippen molar-refractivity contribution in [3.63, 3.8) is 0 Å². The van der Waals surface area contributed by atoms with Crippen LogP contribution in [-0.4, -0.2) is 45.4 Å². The van der Waals surface area contributed by atoms with Gasteiger partial charge in [-0.1, -0.05) is 13.0 Å². The second-order valence-corrected chi connectivity index (χ2v) is 6.00. The van der Waals surface area contributed by atoms with Crippen molar-refractivity contribution in [2.24, 2.45) is 0 Å². The summed E-state index contributed by atoms with van der Waals surface area (Å²) in [5.41, 5.74) is 1.64. The third-order valence-electron chi connectivity index (χ3n) is 4.39.